The highest BCUT2D eigenvalue weighted by Gasteiger charge is 2.29. The van der Waals surface area contributed by atoms with Crippen LogP contribution in [0.1, 0.15) is 6.42 Å². The van der Waals surface area contributed by atoms with Gasteiger partial charge in [-0.2, -0.15) is 0 Å². The number of carbonyl (C=O) groups is 2. The van der Waals surface area contributed by atoms with Gasteiger partial charge in [0.15, 0.2) is 0 Å². The van der Waals surface area contributed by atoms with E-state index in [0.29, 0.717) is 50.0 Å². The van der Waals surface area contributed by atoms with E-state index < -0.39 is 5.97 Å². The Morgan fingerprint density at radius 1 is 1.03 bits per heavy atom. The van der Waals surface area contributed by atoms with Gasteiger partial charge in [-0.05, 0) is 36.2 Å². The standard InChI is InChI=1S/C24H23N5O4/c30-22(31)17-8-9-28(15-17)23-25-13-18(14-26-23)16-6-7-20-21(12-16)33-11-10-29(20)24(32)27-19-4-2-1-3-5-19/h1-7,12-14,17H,8-11,15H2,(H,27,32)(H,30,31). The number of carboxylic acids is 1. The Labute approximate surface area is 190 Å². The van der Waals surface area contributed by atoms with E-state index in [4.69, 9.17) is 4.74 Å². The molecule has 0 aliphatic carbocycles. The number of rotatable bonds is 4. The summed E-state index contributed by atoms with van der Waals surface area (Å²) in [7, 11) is 0. The fourth-order valence-electron chi connectivity index (χ4n) is 4.10. The zero-order valence-electron chi connectivity index (χ0n) is 17.8. The molecule has 2 amide bonds. The summed E-state index contributed by atoms with van der Waals surface area (Å²) >= 11 is 0. The lowest BCUT2D eigenvalue weighted by Gasteiger charge is -2.30. The van der Waals surface area contributed by atoms with Crippen molar-refractivity contribution >= 4 is 29.3 Å². The number of carboxylic acid groups (broad SMARTS) is 1. The van der Waals surface area contributed by atoms with Gasteiger partial charge in [-0.3, -0.25) is 9.69 Å². The first-order valence-electron chi connectivity index (χ1n) is 10.8. The zero-order valence-corrected chi connectivity index (χ0v) is 17.8. The Hall–Kier alpha value is -4.14. The first-order chi connectivity index (χ1) is 16.1. The minimum Gasteiger partial charge on any atom is -0.490 e. The van der Waals surface area contributed by atoms with Crippen LogP contribution in [-0.4, -0.2) is 53.3 Å². The number of urea groups is 1. The number of aromatic nitrogens is 2. The summed E-state index contributed by atoms with van der Waals surface area (Å²) in [6.45, 7) is 1.90. The van der Waals surface area contributed by atoms with Crippen molar-refractivity contribution in [2.45, 2.75) is 6.42 Å². The van der Waals surface area contributed by atoms with Gasteiger partial charge in [-0.25, -0.2) is 14.8 Å². The molecular weight excluding hydrogens is 422 g/mol. The molecule has 0 radical (unpaired) electrons. The smallest absolute Gasteiger partial charge is 0.326 e. The van der Waals surface area contributed by atoms with Gasteiger partial charge in [0.2, 0.25) is 5.95 Å². The van der Waals surface area contributed by atoms with Crippen molar-refractivity contribution in [1.82, 2.24) is 9.97 Å². The number of benzene rings is 2. The second-order valence-electron chi connectivity index (χ2n) is 8.02. The van der Waals surface area contributed by atoms with Crippen molar-refractivity contribution in [3.63, 3.8) is 0 Å². The summed E-state index contributed by atoms with van der Waals surface area (Å²) < 4.78 is 5.83. The van der Waals surface area contributed by atoms with Crippen LogP contribution in [0.4, 0.5) is 22.1 Å². The number of hydrogen-bond donors (Lipinski definition) is 2. The number of para-hydroxylation sites is 1. The SMILES string of the molecule is O=C(O)C1CCN(c2ncc(-c3ccc4c(c3)OCCN4C(=O)Nc3ccccc3)cn2)C1. The maximum absolute atomic E-state index is 12.8. The van der Waals surface area contributed by atoms with Gasteiger partial charge < -0.3 is 20.1 Å². The van der Waals surface area contributed by atoms with Gasteiger partial charge in [0, 0.05) is 36.7 Å². The molecule has 33 heavy (non-hydrogen) atoms. The molecule has 1 unspecified atom stereocenters. The number of fused-ring (bicyclic) bond motifs is 1. The largest absolute Gasteiger partial charge is 0.490 e. The first kappa shape index (κ1) is 20.7. The molecule has 0 bridgehead atoms. The molecule has 2 aliphatic rings. The van der Waals surface area contributed by atoms with Crippen LogP contribution < -0.4 is 19.9 Å². The number of amides is 2. The summed E-state index contributed by atoms with van der Waals surface area (Å²) in [5.41, 5.74) is 3.12. The van der Waals surface area contributed by atoms with Crippen LogP contribution in [0.2, 0.25) is 0 Å². The van der Waals surface area contributed by atoms with Gasteiger partial charge in [0.05, 0.1) is 18.2 Å². The highest BCUT2D eigenvalue weighted by Crippen LogP contribution is 2.36. The average molecular weight is 445 g/mol. The molecule has 3 heterocycles. The van der Waals surface area contributed by atoms with Crippen molar-refractivity contribution in [3.8, 4) is 16.9 Å². The van der Waals surface area contributed by atoms with Crippen molar-refractivity contribution in [2.75, 3.05) is 41.4 Å². The molecule has 3 aromatic rings. The van der Waals surface area contributed by atoms with Gasteiger partial charge in [-0.15, -0.1) is 0 Å². The van der Waals surface area contributed by atoms with Crippen molar-refractivity contribution < 1.29 is 19.4 Å². The number of carbonyl (C=O) groups excluding carboxylic acids is 1. The lowest BCUT2D eigenvalue weighted by atomic mass is 10.1. The highest BCUT2D eigenvalue weighted by molar-refractivity contribution is 6.03. The quantitative estimate of drug-likeness (QED) is 0.633. The summed E-state index contributed by atoms with van der Waals surface area (Å²) in [5.74, 6) is -0.0156. The molecule has 1 aromatic heterocycles. The van der Waals surface area contributed by atoms with Gasteiger partial charge in [0.25, 0.3) is 0 Å². The molecule has 0 spiro atoms. The third kappa shape index (κ3) is 4.30. The third-order valence-electron chi connectivity index (χ3n) is 5.89. The molecule has 1 saturated heterocycles. The number of ether oxygens (including phenoxy) is 1. The lowest BCUT2D eigenvalue weighted by Crippen LogP contribution is -2.40. The molecule has 5 rings (SSSR count). The van der Waals surface area contributed by atoms with Crippen LogP contribution in [0.25, 0.3) is 11.1 Å². The maximum Gasteiger partial charge on any atom is 0.326 e. The zero-order chi connectivity index (χ0) is 22.8. The summed E-state index contributed by atoms with van der Waals surface area (Å²) in [6.07, 6.45) is 4.04. The summed E-state index contributed by atoms with van der Waals surface area (Å²) in [4.78, 5) is 36.4. The van der Waals surface area contributed by atoms with E-state index >= 15 is 0 Å². The van der Waals surface area contributed by atoms with Crippen molar-refractivity contribution in [1.29, 1.82) is 0 Å². The van der Waals surface area contributed by atoms with Crippen molar-refractivity contribution in [3.05, 3.63) is 60.9 Å². The molecule has 2 aliphatic heterocycles. The van der Waals surface area contributed by atoms with Crippen LogP contribution in [0.15, 0.2) is 60.9 Å². The van der Waals surface area contributed by atoms with E-state index in [0.717, 1.165) is 16.8 Å². The molecular formula is C24H23N5O4. The van der Waals surface area contributed by atoms with E-state index in [1.807, 2.05) is 53.4 Å². The summed E-state index contributed by atoms with van der Waals surface area (Å²) in [6, 6.07) is 14.8. The van der Waals surface area contributed by atoms with E-state index in [1.165, 1.54) is 0 Å². The Morgan fingerprint density at radius 2 is 1.82 bits per heavy atom. The first-order valence-corrected chi connectivity index (χ1v) is 10.8. The molecule has 1 fully saturated rings. The minimum atomic E-state index is -0.783. The van der Waals surface area contributed by atoms with Crippen LogP contribution >= 0.6 is 0 Å². The Bertz CT molecular complexity index is 1170. The molecule has 0 saturated carbocycles. The van der Waals surface area contributed by atoms with E-state index in [2.05, 4.69) is 15.3 Å². The summed E-state index contributed by atoms with van der Waals surface area (Å²) in [5, 5.41) is 12.1. The molecule has 9 nitrogen and oxygen atoms in total. The van der Waals surface area contributed by atoms with Crippen molar-refractivity contribution in [2.24, 2.45) is 5.92 Å². The normalized spacial score (nSPS) is 17.3. The number of hydrogen-bond acceptors (Lipinski definition) is 6. The predicted molar refractivity (Wildman–Crippen MR) is 124 cm³/mol. The highest BCUT2D eigenvalue weighted by atomic mass is 16.5. The fourth-order valence-corrected chi connectivity index (χ4v) is 4.10. The number of anilines is 3. The molecule has 2 aromatic carbocycles. The fraction of sp³-hybridized carbons (Fsp3) is 0.250. The van der Waals surface area contributed by atoms with Crippen LogP contribution in [-0.2, 0) is 4.79 Å². The third-order valence-corrected chi connectivity index (χ3v) is 5.89. The topological polar surface area (TPSA) is 108 Å². The Kier molecular flexibility index (Phi) is 5.52. The molecule has 2 N–H and O–H groups in total. The monoisotopic (exact) mass is 445 g/mol. The number of nitrogens with one attached hydrogen (secondary N) is 1. The lowest BCUT2D eigenvalue weighted by molar-refractivity contribution is -0.140. The molecule has 9 heteroatoms. The van der Waals surface area contributed by atoms with Gasteiger partial charge in [0.1, 0.15) is 12.4 Å². The van der Waals surface area contributed by atoms with Crippen LogP contribution in [0.5, 0.6) is 5.75 Å². The predicted octanol–water partition coefficient (Wildman–Crippen LogP) is 3.49. The van der Waals surface area contributed by atoms with E-state index in [9.17, 15) is 14.7 Å². The molecule has 168 valence electrons. The van der Waals surface area contributed by atoms with E-state index in [1.54, 1.807) is 17.3 Å². The second kappa shape index (κ2) is 8.78. The number of aliphatic carboxylic acids is 1. The van der Waals surface area contributed by atoms with Gasteiger partial charge >= 0.3 is 12.0 Å². The number of nitrogens with zero attached hydrogens (tertiary/aromatic N) is 4. The second-order valence-corrected chi connectivity index (χ2v) is 8.02. The van der Waals surface area contributed by atoms with Crippen LogP contribution in [0.3, 0.4) is 0 Å². The average Bonchev–Trinajstić information content (AvgIpc) is 3.35. The van der Waals surface area contributed by atoms with E-state index in [-0.39, 0.29) is 11.9 Å². The minimum absolute atomic E-state index is 0.212. The van der Waals surface area contributed by atoms with Crippen LogP contribution in [0, 0.1) is 5.92 Å². The Balaban J connectivity index is 1.32. The Morgan fingerprint density at radius 3 is 2.55 bits per heavy atom. The van der Waals surface area contributed by atoms with Gasteiger partial charge in [-0.1, -0.05) is 24.3 Å². The maximum atomic E-state index is 12.8. The molecule has 1 atom stereocenters.